The number of hydrogen-bond donors (Lipinski definition) is 1. The average molecular weight is 293 g/mol. The molecule has 1 heterocycles. The quantitative estimate of drug-likeness (QED) is 0.718. The van der Waals surface area contributed by atoms with Crippen molar-refractivity contribution >= 4 is 11.6 Å². The highest BCUT2D eigenvalue weighted by molar-refractivity contribution is 5.58. The van der Waals surface area contributed by atoms with Crippen molar-refractivity contribution in [3.63, 3.8) is 0 Å². The van der Waals surface area contributed by atoms with Gasteiger partial charge >= 0.3 is 0 Å². The molecule has 0 amide bonds. The number of anilines is 2. The molecule has 0 radical (unpaired) electrons. The Kier molecular flexibility index (Phi) is 8.05. The van der Waals surface area contributed by atoms with E-state index in [0.717, 1.165) is 57.1 Å². The highest BCUT2D eigenvalue weighted by Crippen LogP contribution is 2.25. The van der Waals surface area contributed by atoms with Crippen LogP contribution in [0.2, 0.25) is 0 Å². The first-order valence-electron chi connectivity index (χ1n) is 8.11. The zero-order chi connectivity index (χ0) is 15.7. The number of hydrogen-bond acceptors (Lipinski definition) is 5. The minimum atomic E-state index is 0.889. The molecule has 5 nitrogen and oxygen atoms in total. The van der Waals surface area contributed by atoms with Crippen LogP contribution in [0.25, 0.3) is 0 Å². The average Bonchev–Trinajstić information content (AvgIpc) is 2.46. The Hall–Kier alpha value is -1.36. The largest absolute Gasteiger partial charge is 0.370 e. The molecule has 0 aliphatic heterocycles. The van der Waals surface area contributed by atoms with E-state index in [2.05, 4.69) is 60.0 Å². The molecule has 0 spiro atoms. The fourth-order valence-electron chi connectivity index (χ4n) is 2.47. The minimum Gasteiger partial charge on any atom is -0.370 e. The summed E-state index contributed by atoms with van der Waals surface area (Å²) in [5.74, 6) is 2.10. The summed E-state index contributed by atoms with van der Waals surface area (Å²) >= 11 is 0. The second-order valence-corrected chi connectivity index (χ2v) is 5.54. The Morgan fingerprint density at radius 3 is 2.43 bits per heavy atom. The number of nitrogens with one attached hydrogen (secondary N) is 1. The molecule has 120 valence electrons. The first-order valence-corrected chi connectivity index (χ1v) is 8.11. The maximum absolute atomic E-state index is 4.57. The number of rotatable bonds is 10. The minimum absolute atomic E-state index is 0.889. The molecule has 0 aromatic carbocycles. The molecule has 0 aliphatic carbocycles. The van der Waals surface area contributed by atoms with Crippen molar-refractivity contribution < 1.29 is 0 Å². The van der Waals surface area contributed by atoms with Crippen LogP contribution in [0.4, 0.5) is 11.6 Å². The van der Waals surface area contributed by atoms with Crippen molar-refractivity contribution in [1.82, 2.24) is 14.9 Å². The van der Waals surface area contributed by atoms with Gasteiger partial charge in [0.15, 0.2) is 0 Å². The molecule has 21 heavy (non-hydrogen) atoms. The summed E-state index contributed by atoms with van der Waals surface area (Å²) in [6.07, 6.45) is 4.95. The van der Waals surface area contributed by atoms with Crippen molar-refractivity contribution in [2.45, 2.75) is 40.0 Å². The second kappa shape index (κ2) is 9.55. The van der Waals surface area contributed by atoms with Crippen LogP contribution in [-0.4, -0.2) is 55.1 Å². The van der Waals surface area contributed by atoms with E-state index in [1.54, 1.807) is 6.33 Å². The third-order valence-corrected chi connectivity index (χ3v) is 3.48. The molecule has 0 atom stereocenters. The van der Waals surface area contributed by atoms with E-state index in [-0.39, 0.29) is 0 Å². The van der Waals surface area contributed by atoms with Crippen LogP contribution >= 0.6 is 0 Å². The van der Waals surface area contributed by atoms with E-state index >= 15 is 0 Å². The van der Waals surface area contributed by atoms with Crippen LogP contribution in [-0.2, 0) is 6.42 Å². The van der Waals surface area contributed by atoms with E-state index in [1.165, 1.54) is 5.56 Å². The molecule has 0 bridgehead atoms. The number of nitrogens with zero attached hydrogens (tertiary/aromatic N) is 4. The first-order chi connectivity index (χ1) is 10.1. The summed E-state index contributed by atoms with van der Waals surface area (Å²) in [4.78, 5) is 13.6. The maximum Gasteiger partial charge on any atom is 0.137 e. The predicted octanol–water partition coefficient (Wildman–Crippen LogP) is 2.64. The van der Waals surface area contributed by atoms with Gasteiger partial charge in [0.2, 0.25) is 0 Å². The Bertz CT molecular complexity index is 406. The standard InChI is InChI=1S/C16H31N5/c1-6-10-14-15(17-7-2)18-13-19-16(14)21(8-3)12-9-11-20(4)5/h13H,6-12H2,1-5H3,(H,17,18,19). The van der Waals surface area contributed by atoms with Crippen LogP contribution in [0.1, 0.15) is 39.2 Å². The van der Waals surface area contributed by atoms with Crippen molar-refractivity contribution in [1.29, 1.82) is 0 Å². The van der Waals surface area contributed by atoms with Gasteiger partial charge in [-0.3, -0.25) is 0 Å². The zero-order valence-corrected chi connectivity index (χ0v) is 14.3. The van der Waals surface area contributed by atoms with Crippen molar-refractivity contribution in [2.24, 2.45) is 0 Å². The van der Waals surface area contributed by atoms with E-state index in [9.17, 15) is 0 Å². The van der Waals surface area contributed by atoms with Crippen LogP contribution in [0.15, 0.2) is 6.33 Å². The van der Waals surface area contributed by atoms with E-state index in [1.807, 2.05) is 0 Å². The smallest absolute Gasteiger partial charge is 0.137 e. The second-order valence-electron chi connectivity index (χ2n) is 5.54. The van der Waals surface area contributed by atoms with Crippen molar-refractivity contribution in [3.8, 4) is 0 Å². The summed E-state index contributed by atoms with van der Waals surface area (Å²) in [5.41, 5.74) is 1.26. The van der Waals surface area contributed by atoms with Crippen LogP contribution < -0.4 is 10.2 Å². The SMILES string of the molecule is CCCc1c(NCC)ncnc1N(CC)CCCN(C)C. The van der Waals surface area contributed by atoms with Crippen molar-refractivity contribution in [2.75, 3.05) is 50.5 Å². The molecule has 1 N–H and O–H groups in total. The molecule has 0 aliphatic rings. The van der Waals surface area contributed by atoms with E-state index in [0.29, 0.717) is 0 Å². The summed E-state index contributed by atoms with van der Waals surface area (Å²) in [5, 5.41) is 3.37. The van der Waals surface area contributed by atoms with Gasteiger partial charge in [0.1, 0.15) is 18.0 Å². The third-order valence-electron chi connectivity index (χ3n) is 3.48. The van der Waals surface area contributed by atoms with Gasteiger partial charge in [-0.25, -0.2) is 9.97 Å². The molecule has 1 rings (SSSR count). The molecule has 0 saturated carbocycles. The summed E-state index contributed by atoms with van der Waals surface area (Å²) in [6.45, 7) is 10.5. The highest BCUT2D eigenvalue weighted by Gasteiger charge is 2.15. The monoisotopic (exact) mass is 293 g/mol. The summed E-state index contributed by atoms with van der Waals surface area (Å²) < 4.78 is 0. The van der Waals surface area contributed by atoms with Gasteiger partial charge in [0.25, 0.3) is 0 Å². The normalized spacial score (nSPS) is 11.0. The third kappa shape index (κ3) is 5.50. The Morgan fingerprint density at radius 2 is 1.86 bits per heavy atom. The molecular weight excluding hydrogens is 262 g/mol. The molecular formula is C16H31N5. The van der Waals surface area contributed by atoms with E-state index in [4.69, 9.17) is 0 Å². The lowest BCUT2D eigenvalue weighted by Gasteiger charge is -2.26. The van der Waals surface area contributed by atoms with Crippen LogP contribution in [0, 0.1) is 0 Å². The Labute approximate surface area is 129 Å². The number of aromatic nitrogens is 2. The fourth-order valence-corrected chi connectivity index (χ4v) is 2.47. The van der Waals surface area contributed by atoms with Gasteiger partial charge in [0, 0.05) is 25.2 Å². The molecule has 0 fully saturated rings. The van der Waals surface area contributed by atoms with Gasteiger partial charge in [-0.05, 0) is 47.3 Å². The maximum atomic E-state index is 4.57. The zero-order valence-electron chi connectivity index (χ0n) is 14.3. The van der Waals surface area contributed by atoms with Gasteiger partial charge in [0.05, 0.1) is 0 Å². The van der Waals surface area contributed by atoms with Crippen LogP contribution in [0.5, 0.6) is 0 Å². The molecule has 1 aromatic heterocycles. The topological polar surface area (TPSA) is 44.3 Å². The summed E-state index contributed by atoms with van der Waals surface area (Å²) in [6, 6.07) is 0. The fraction of sp³-hybridized carbons (Fsp3) is 0.750. The van der Waals surface area contributed by atoms with Gasteiger partial charge in [-0.1, -0.05) is 13.3 Å². The van der Waals surface area contributed by atoms with Gasteiger partial charge in [-0.2, -0.15) is 0 Å². The van der Waals surface area contributed by atoms with Gasteiger partial charge in [-0.15, -0.1) is 0 Å². The predicted molar refractivity (Wildman–Crippen MR) is 91.2 cm³/mol. The van der Waals surface area contributed by atoms with Crippen LogP contribution in [0.3, 0.4) is 0 Å². The molecule has 0 saturated heterocycles. The lowest BCUT2D eigenvalue weighted by molar-refractivity contribution is 0.400. The first kappa shape index (κ1) is 17.7. The van der Waals surface area contributed by atoms with Gasteiger partial charge < -0.3 is 15.1 Å². The lowest BCUT2D eigenvalue weighted by Crippen LogP contribution is -2.29. The molecule has 0 unspecified atom stereocenters. The molecule has 5 heteroatoms. The van der Waals surface area contributed by atoms with Crippen molar-refractivity contribution in [3.05, 3.63) is 11.9 Å². The highest BCUT2D eigenvalue weighted by atomic mass is 15.2. The summed E-state index contributed by atoms with van der Waals surface area (Å²) in [7, 11) is 4.24. The Balaban J connectivity index is 2.93. The lowest BCUT2D eigenvalue weighted by atomic mass is 10.1. The molecule has 1 aromatic rings. The van der Waals surface area contributed by atoms with E-state index < -0.39 is 0 Å². The Morgan fingerprint density at radius 1 is 1.10 bits per heavy atom.